The number of nitrogens with one attached hydrogen (secondary N) is 2. The number of rotatable bonds is 6. The molecule has 0 aliphatic carbocycles. The van der Waals surface area contributed by atoms with Gasteiger partial charge < -0.3 is 29.9 Å². The average Bonchev–Trinajstić information content (AvgIpc) is 3.32. The number of urea groups is 1. The molecule has 2 aromatic rings. The summed E-state index contributed by atoms with van der Waals surface area (Å²) in [4.78, 5) is 51.6. The summed E-state index contributed by atoms with van der Waals surface area (Å²) in [6, 6.07) is 3.47. The first kappa shape index (κ1) is 31.3. The van der Waals surface area contributed by atoms with Crippen molar-refractivity contribution in [2.45, 2.75) is 76.8 Å². The molecule has 2 aliphatic rings. The van der Waals surface area contributed by atoms with Gasteiger partial charge in [-0.15, -0.1) is 0 Å². The van der Waals surface area contributed by atoms with Gasteiger partial charge in [-0.1, -0.05) is 17.8 Å². The Morgan fingerprint density at radius 1 is 1.26 bits per heavy atom. The van der Waals surface area contributed by atoms with Crippen LogP contribution in [0.1, 0.15) is 64.7 Å². The van der Waals surface area contributed by atoms with Crippen LogP contribution < -0.4 is 15.4 Å². The summed E-state index contributed by atoms with van der Waals surface area (Å²) >= 11 is 1.27. The first-order valence-electron chi connectivity index (χ1n) is 14.0. The fourth-order valence-electron chi connectivity index (χ4n) is 5.05. The van der Waals surface area contributed by atoms with Crippen LogP contribution in [0.15, 0.2) is 23.4 Å². The first-order chi connectivity index (χ1) is 19.7. The average molecular weight is 603 g/mol. The molecule has 2 N–H and O–H groups in total. The maximum Gasteiger partial charge on any atom is 0.410 e. The maximum atomic E-state index is 15.2. The predicted octanol–water partition coefficient (Wildman–Crippen LogP) is 5.16. The third-order valence-electron chi connectivity index (χ3n) is 6.75. The Kier molecular flexibility index (Phi) is 9.19. The summed E-state index contributed by atoms with van der Waals surface area (Å²) in [5.41, 5.74) is -0.804. The number of anilines is 1. The molecule has 3 heterocycles. The topological polar surface area (TPSA) is 126 Å². The van der Waals surface area contributed by atoms with E-state index in [0.717, 1.165) is 12.8 Å². The Hall–Kier alpha value is -3.61. The monoisotopic (exact) mass is 602 g/mol. The predicted molar refractivity (Wildman–Crippen MR) is 158 cm³/mol. The van der Waals surface area contributed by atoms with Crippen LogP contribution in [0, 0.1) is 5.82 Å². The van der Waals surface area contributed by atoms with Crippen molar-refractivity contribution in [1.82, 2.24) is 25.1 Å². The number of aromatic nitrogens is 2. The number of thioether (sulfide) groups is 1. The van der Waals surface area contributed by atoms with Crippen molar-refractivity contribution in [1.29, 1.82) is 0 Å². The van der Waals surface area contributed by atoms with Crippen LogP contribution >= 0.6 is 11.8 Å². The molecule has 1 aromatic heterocycles. The molecule has 228 valence electrons. The Balaban J connectivity index is 1.72. The van der Waals surface area contributed by atoms with E-state index in [-0.39, 0.29) is 47.9 Å². The molecular weight excluding hydrogens is 563 g/mol. The lowest BCUT2D eigenvalue weighted by atomic mass is 10.0. The molecule has 0 spiro atoms. The zero-order chi connectivity index (χ0) is 30.8. The first-order valence-corrected chi connectivity index (χ1v) is 15.2. The number of nitrogens with zero attached hydrogens (tertiary/aromatic N) is 4. The number of amides is 4. The van der Waals surface area contributed by atoms with E-state index in [9.17, 15) is 14.4 Å². The lowest BCUT2D eigenvalue weighted by Crippen LogP contribution is -2.50. The molecule has 2 aliphatic heterocycles. The highest BCUT2D eigenvalue weighted by Crippen LogP contribution is 2.37. The molecule has 4 rings (SSSR count). The molecule has 4 amide bonds. The normalized spacial score (nSPS) is 18.2. The number of halogens is 1. The standard InChI is InChI=1S/C29H39FN6O5S/c1-8-31-25(38)32-20-12-11-17(14-19(20)30)22-21-23(34-26(33-22)42-7)40-29(5,6)16-35(24(21)37)15-18-10-9-13-36(18)27(39)41-28(2,3)4/h11-12,14,18H,8-10,13,15-16H2,1-7H3,(H2,31,32,38)/t18-/m0/s1. The van der Waals surface area contributed by atoms with Crippen molar-refractivity contribution in [3.05, 3.63) is 29.6 Å². The van der Waals surface area contributed by atoms with Gasteiger partial charge >= 0.3 is 12.1 Å². The SMILES string of the molecule is CCNC(=O)Nc1ccc(-c2nc(SC)nc3c2C(=O)N(C[C@@H]2CCCN2C(=O)OC(C)(C)C)CC(C)(C)O3)cc1F. The molecule has 11 nitrogen and oxygen atoms in total. The third-order valence-corrected chi connectivity index (χ3v) is 7.30. The van der Waals surface area contributed by atoms with Gasteiger partial charge in [0.15, 0.2) is 5.16 Å². The number of carbonyl (C=O) groups excluding carboxylic acids is 3. The molecule has 1 saturated heterocycles. The number of fused-ring (bicyclic) bond motifs is 1. The van der Waals surface area contributed by atoms with Crippen molar-refractivity contribution in [2.75, 3.05) is 37.8 Å². The fraction of sp³-hybridized carbons (Fsp3) is 0.552. The van der Waals surface area contributed by atoms with E-state index in [1.165, 1.54) is 23.9 Å². The number of likely N-dealkylation sites (tertiary alicyclic amines) is 1. The van der Waals surface area contributed by atoms with Crippen LogP contribution in [-0.2, 0) is 4.74 Å². The number of hydrogen-bond donors (Lipinski definition) is 2. The van der Waals surface area contributed by atoms with Gasteiger partial charge in [-0.25, -0.2) is 19.0 Å². The summed E-state index contributed by atoms with van der Waals surface area (Å²) in [7, 11) is 0. The number of hydrogen-bond acceptors (Lipinski definition) is 8. The smallest absolute Gasteiger partial charge is 0.410 e. The molecule has 0 unspecified atom stereocenters. The highest BCUT2D eigenvalue weighted by Gasteiger charge is 2.41. The van der Waals surface area contributed by atoms with Gasteiger partial charge in [0.25, 0.3) is 5.91 Å². The second kappa shape index (κ2) is 12.3. The third kappa shape index (κ3) is 7.23. The van der Waals surface area contributed by atoms with Crippen LogP contribution in [-0.4, -0.2) is 87.5 Å². The van der Waals surface area contributed by atoms with E-state index >= 15 is 4.39 Å². The summed E-state index contributed by atoms with van der Waals surface area (Å²) < 4.78 is 27.1. The highest BCUT2D eigenvalue weighted by molar-refractivity contribution is 7.98. The maximum absolute atomic E-state index is 15.2. The van der Waals surface area contributed by atoms with Gasteiger partial charge in [-0.05, 0) is 72.8 Å². The van der Waals surface area contributed by atoms with Gasteiger partial charge in [0.05, 0.1) is 24.0 Å². The van der Waals surface area contributed by atoms with Crippen LogP contribution in [0.3, 0.4) is 0 Å². The number of ether oxygens (including phenoxy) is 2. The Labute approximate surface area is 249 Å². The zero-order valence-electron chi connectivity index (χ0n) is 25.2. The van der Waals surface area contributed by atoms with E-state index < -0.39 is 29.1 Å². The van der Waals surface area contributed by atoms with Crippen LogP contribution in [0.5, 0.6) is 5.88 Å². The zero-order valence-corrected chi connectivity index (χ0v) is 26.0. The Morgan fingerprint density at radius 2 is 2.00 bits per heavy atom. The van der Waals surface area contributed by atoms with Crippen LogP contribution in [0.4, 0.5) is 19.7 Å². The van der Waals surface area contributed by atoms with Crippen LogP contribution in [0.25, 0.3) is 11.3 Å². The largest absolute Gasteiger partial charge is 0.469 e. The van der Waals surface area contributed by atoms with Gasteiger partial charge in [-0.2, -0.15) is 4.98 Å². The minimum Gasteiger partial charge on any atom is -0.469 e. The van der Waals surface area contributed by atoms with E-state index in [1.54, 1.807) is 29.0 Å². The van der Waals surface area contributed by atoms with Gasteiger partial charge in [0, 0.05) is 25.2 Å². The molecule has 0 bridgehead atoms. The molecule has 0 saturated carbocycles. The summed E-state index contributed by atoms with van der Waals surface area (Å²) in [6.07, 6.45) is 2.90. The van der Waals surface area contributed by atoms with Crippen molar-refractivity contribution in [2.24, 2.45) is 0 Å². The minimum absolute atomic E-state index is 0.0104. The molecule has 42 heavy (non-hydrogen) atoms. The molecule has 1 atom stereocenters. The van der Waals surface area contributed by atoms with Crippen LogP contribution in [0.2, 0.25) is 0 Å². The second-order valence-corrected chi connectivity index (χ2v) is 12.7. The van der Waals surface area contributed by atoms with E-state index in [0.29, 0.717) is 23.8 Å². The van der Waals surface area contributed by atoms with Crippen molar-refractivity contribution in [3.8, 4) is 17.1 Å². The van der Waals surface area contributed by atoms with Crippen molar-refractivity contribution >= 4 is 35.5 Å². The van der Waals surface area contributed by atoms with E-state index in [2.05, 4.69) is 20.6 Å². The van der Waals surface area contributed by atoms with Gasteiger partial charge in [0.2, 0.25) is 5.88 Å². The van der Waals surface area contributed by atoms with E-state index in [1.807, 2.05) is 34.6 Å². The second-order valence-electron chi connectivity index (χ2n) is 11.9. The molecular formula is C29H39FN6O5S. The van der Waals surface area contributed by atoms with Crippen molar-refractivity contribution < 1.29 is 28.2 Å². The lowest BCUT2D eigenvalue weighted by molar-refractivity contribution is 0.0158. The molecule has 0 radical (unpaired) electrons. The quantitative estimate of drug-likeness (QED) is 0.343. The summed E-state index contributed by atoms with van der Waals surface area (Å²) in [5, 5.41) is 5.39. The number of carbonyl (C=O) groups is 3. The molecule has 1 aromatic carbocycles. The van der Waals surface area contributed by atoms with Gasteiger partial charge in [-0.3, -0.25) is 4.79 Å². The summed E-state index contributed by atoms with van der Waals surface area (Å²) in [5.74, 6) is -0.948. The highest BCUT2D eigenvalue weighted by atomic mass is 32.2. The Bertz CT molecular complexity index is 1360. The minimum atomic E-state index is -0.816. The van der Waals surface area contributed by atoms with Gasteiger partial charge in [0.1, 0.15) is 22.6 Å². The fourth-order valence-corrected chi connectivity index (χ4v) is 5.41. The lowest BCUT2D eigenvalue weighted by Gasteiger charge is -2.34. The summed E-state index contributed by atoms with van der Waals surface area (Å²) in [6.45, 7) is 12.4. The van der Waals surface area contributed by atoms with E-state index in [4.69, 9.17) is 9.47 Å². The molecule has 13 heteroatoms. The van der Waals surface area contributed by atoms with Crippen molar-refractivity contribution in [3.63, 3.8) is 0 Å². The number of benzene rings is 1. The Morgan fingerprint density at radius 3 is 2.64 bits per heavy atom. The molecule has 1 fully saturated rings.